The number of carbonyl (C=O) groups is 1. The van der Waals surface area contributed by atoms with Crippen molar-refractivity contribution in [3.8, 4) is 0 Å². The number of fused-ring (bicyclic) bond motifs is 2. The zero-order chi connectivity index (χ0) is 19.0. The highest BCUT2D eigenvalue weighted by molar-refractivity contribution is 5.94. The normalized spacial score (nSPS) is 26.9. The number of aromatic carboxylic acids is 1. The van der Waals surface area contributed by atoms with E-state index in [-0.39, 0.29) is 34.6 Å². The van der Waals surface area contributed by atoms with Gasteiger partial charge >= 0.3 is 5.97 Å². The number of pyridine rings is 1. The Bertz CT molecular complexity index is 1050. The molecular formula is C19H19F2N3O3. The Hall–Kier alpha value is -2.48. The molecule has 6 nitrogen and oxygen atoms in total. The van der Waals surface area contributed by atoms with Gasteiger partial charge in [0.1, 0.15) is 17.1 Å². The quantitative estimate of drug-likeness (QED) is 0.858. The smallest absolute Gasteiger partial charge is 0.341 e. The zero-order valence-electron chi connectivity index (χ0n) is 14.5. The second-order valence-electron chi connectivity index (χ2n) is 7.96. The summed E-state index contributed by atoms with van der Waals surface area (Å²) in [6, 6.07) is 0.984. The van der Waals surface area contributed by atoms with E-state index in [0.29, 0.717) is 19.0 Å². The number of benzene rings is 1. The van der Waals surface area contributed by atoms with Crippen molar-refractivity contribution in [3.63, 3.8) is 0 Å². The molecule has 1 aliphatic heterocycles. The molecule has 2 saturated carbocycles. The third-order valence-electron chi connectivity index (χ3n) is 6.29. The summed E-state index contributed by atoms with van der Waals surface area (Å²) in [7, 11) is 0. The van der Waals surface area contributed by atoms with Crippen LogP contribution in [0.15, 0.2) is 17.1 Å². The molecule has 8 heteroatoms. The number of anilines is 1. The van der Waals surface area contributed by atoms with Crippen LogP contribution in [0.2, 0.25) is 0 Å². The van der Waals surface area contributed by atoms with E-state index in [2.05, 4.69) is 0 Å². The fraction of sp³-hybridized carbons (Fsp3) is 0.474. The van der Waals surface area contributed by atoms with Crippen molar-refractivity contribution in [1.29, 1.82) is 0 Å². The molecule has 2 heterocycles. The molecule has 3 N–H and O–H groups in total. The number of nitrogens with zero attached hydrogens (tertiary/aromatic N) is 2. The second-order valence-corrected chi connectivity index (χ2v) is 7.96. The van der Waals surface area contributed by atoms with Crippen LogP contribution in [-0.4, -0.2) is 34.8 Å². The van der Waals surface area contributed by atoms with Gasteiger partial charge in [0, 0.05) is 31.4 Å². The van der Waals surface area contributed by atoms with Crippen molar-refractivity contribution >= 4 is 22.6 Å². The van der Waals surface area contributed by atoms with E-state index in [1.165, 1.54) is 10.8 Å². The zero-order valence-corrected chi connectivity index (χ0v) is 14.5. The van der Waals surface area contributed by atoms with Crippen molar-refractivity contribution in [2.45, 2.75) is 31.3 Å². The van der Waals surface area contributed by atoms with Gasteiger partial charge in [-0.2, -0.15) is 0 Å². The molecule has 1 aromatic carbocycles. The van der Waals surface area contributed by atoms with Crippen LogP contribution in [0.5, 0.6) is 0 Å². The van der Waals surface area contributed by atoms with E-state index in [4.69, 9.17) is 5.73 Å². The minimum atomic E-state index is -1.40. The van der Waals surface area contributed by atoms with Gasteiger partial charge in [0.15, 0.2) is 5.82 Å². The van der Waals surface area contributed by atoms with Gasteiger partial charge in [0.25, 0.3) is 0 Å². The Kier molecular flexibility index (Phi) is 3.40. The number of rotatable bonds is 3. The molecule has 27 heavy (non-hydrogen) atoms. The molecule has 5 rings (SSSR count). The first-order valence-electron chi connectivity index (χ1n) is 9.17. The molecule has 3 aliphatic rings. The summed E-state index contributed by atoms with van der Waals surface area (Å²) >= 11 is 0. The van der Waals surface area contributed by atoms with Gasteiger partial charge in [-0.1, -0.05) is 0 Å². The highest BCUT2D eigenvalue weighted by Gasteiger charge is 2.46. The van der Waals surface area contributed by atoms with E-state index in [1.807, 2.05) is 0 Å². The molecule has 3 fully saturated rings. The number of halogens is 2. The highest BCUT2D eigenvalue weighted by atomic mass is 19.1. The maximum absolute atomic E-state index is 15.5. The van der Waals surface area contributed by atoms with Crippen LogP contribution in [0.1, 0.15) is 35.7 Å². The summed E-state index contributed by atoms with van der Waals surface area (Å²) in [5, 5.41) is 9.06. The van der Waals surface area contributed by atoms with Crippen LogP contribution in [0.25, 0.3) is 10.9 Å². The average molecular weight is 375 g/mol. The number of carboxylic acids is 1. The minimum Gasteiger partial charge on any atom is -0.477 e. The van der Waals surface area contributed by atoms with Gasteiger partial charge in [-0.05, 0) is 37.2 Å². The van der Waals surface area contributed by atoms with Crippen molar-refractivity contribution in [2.75, 3.05) is 18.0 Å². The Labute approximate surface area is 153 Å². The van der Waals surface area contributed by atoms with Gasteiger partial charge in [0.2, 0.25) is 5.43 Å². The lowest BCUT2D eigenvalue weighted by Gasteiger charge is -2.36. The third kappa shape index (κ3) is 2.32. The average Bonchev–Trinajstić information content (AvgIpc) is 3.39. The molecule has 0 spiro atoms. The van der Waals surface area contributed by atoms with Crippen LogP contribution in [-0.2, 0) is 0 Å². The van der Waals surface area contributed by atoms with E-state index in [1.54, 1.807) is 4.90 Å². The summed E-state index contributed by atoms with van der Waals surface area (Å²) < 4.78 is 31.8. The molecular weight excluding hydrogens is 356 g/mol. The van der Waals surface area contributed by atoms with E-state index in [0.717, 1.165) is 25.3 Å². The Morgan fingerprint density at radius 1 is 1.26 bits per heavy atom. The van der Waals surface area contributed by atoms with Gasteiger partial charge < -0.3 is 20.3 Å². The van der Waals surface area contributed by atoms with Gasteiger partial charge in [0.05, 0.1) is 10.9 Å². The summed E-state index contributed by atoms with van der Waals surface area (Å²) in [6.07, 6.45) is 3.59. The Morgan fingerprint density at radius 3 is 2.59 bits per heavy atom. The fourth-order valence-corrected chi connectivity index (χ4v) is 4.66. The highest BCUT2D eigenvalue weighted by Crippen LogP contribution is 2.44. The van der Waals surface area contributed by atoms with Crippen LogP contribution in [0, 0.1) is 23.5 Å². The molecule has 0 radical (unpaired) electrons. The number of carboxylic acid groups (broad SMARTS) is 1. The molecule has 1 aromatic heterocycles. The first-order chi connectivity index (χ1) is 12.9. The molecule has 142 valence electrons. The molecule has 2 aliphatic carbocycles. The number of hydrogen-bond donors (Lipinski definition) is 2. The lowest BCUT2D eigenvalue weighted by Crippen LogP contribution is -2.46. The maximum Gasteiger partial charge on any atom is 0.341 e. The van der Waals surface area contributed by atoms with Gasteiger partial charge in [-0.25, -0.2) is 13.6 Å². The summed E-state index contributed by atoms with van der Waals surface area (Å²) in [4.78, 5) is 25.6. The van der Waals surface area contributed by atoms with Gasteiger partial charge in [-0.3, -0.25) is 4.79 Å². The van der Waals surface area contributed by atoms with Crippen LogP contribution < -0.4 is 16.1 Å². The topological polar surface area (TPSA) is 88.6 Å². The summed E-state index contributed by atoms with van der Waals surface area (Å²) in [5.41, 5.74) is 4.52. The standard InChI is InChI=1S/C19H19F2N3O3/c20-13-4-10-16(24(9-1-2-9)7-12(18(10)25)19(26)27)15(21)17(13)23-5-8-3-14(22)11(8)6-23/h4,7-9,11,14H,1-3,5-6,22H2,(H,26,27)/t8-,11+,14+/m0/s1. The maximum atomic E-state index is 15.5. The first kappa shape index (κ1) is 16.7. The summed E-state index contributed by atoms with van der Waals surface area (Å²) in [5.74, 6) is -2.45. The SMILES string of the molecule is N[C@@H]1C[C@H]2CN(c3c(F)cc4c(=O)c(C(=O)O)cn(C5CC5)c4c3F)C[C@H]21. The third-order valence-corrected chi connectivity index (χ3v) is 6.29. The molecule has 3 atom stereocenters. The minimum absolute atomic E-state index is 0.00699. The monoisotopic (exact) mass is 375 g/mol. The molecule has 0 amide bonds. The largest absolute Gasteiger partial charge is 0.477 e. The Morgan fingerprint density at radius 2 is 2.00 bits per heavy atom. The molecule has 2 aromatic rings. The molecule has 0 bridgehead atoms. The fourth-order valence-electron chi connectivity index (χ4n) is 4.66. The van der Waals surface area contributed by atoms with Crippen LogP contribution >= 0.6 is 0 Å². The van der Waals surface area contributed by atoms with E-state index < -0.39 is 28.6 Å². The predicted octanol–water partition coefficient (Wildman–Crippen LogP) is 2.10. The second kappa shape index (κ2) is 5.51. The first-order valence-corrected chi connectivity index (χ1v) is 9.17. The lowest BCUT2D eigenvalue weighted by molar-refractivity contribution is 0.0695. The van der Waals surface area contributed by atoms with E-state index in [9.17, 15) is 19.1 Å². The number of nitrogens with two attached hydrogens (primary N) is 1. The molecule has 0 unspecified atom stereocenters. The van der Waals surface area contributed by atoms with E-state index >= 15 is 4.39 Å². The van der Waals surface area contributed by atoms with Crippen molar-refractivity contribution in [1.82, 2.24) is 4.57 Å². The predicted molar refractivity (Wildman–Crippen MR) is 95.1 cm³/mol. The lowest BCUT2D eigenvalue weighted by atomic mass is 9.72. The van der Waals surface area contributed by atoms with Crippen molar-refractivity contribution in [2.24, 2.45) is 17.6 Å². The number of aromatic nitrogens is 1. The van der Waals surface area contributed by atoms with Crippen molar-refractivity contribution < 1.29 is 18.7 Å². The van der Waals surface area contributed by atoms with Crippen molar-refractivity contribution in [3.05, 3.63) is 39.7 Å². The number of hydrogen-bond acceptors (Lipinski definition) is 4. The molecule has 1 saturated heterocycles. The summed E-state index contributed by atoms with van der Waals surface area (Å²) in [6.45, 7) is 1.03. The van der Waals surface area contributed by atoms with Crippen LogP contribution in [0.3, 0.4) is 0 Å². The van der Waals surface area contributed by atoms with Crippen LogP contribution in [0.4, 0.5) is 14.5 Å². The Balaban J connectivity index is 1.73. The van der Waals surface area contributed by atoms with Gasteiger partial charge in [-0.15, -0.1) is 0 Å².